The van der Waals surface area contributed by atoms with Crippen LogP contribution in [-0.4, -0.2) is 32.0 Å². The molecule has 4 nitrogen and oxygen atoms in total. The van der Waals surface area contributed by atoms with Crippen LogP contribution in [0.15, 0.2) is 41.5 Å². The number of hydrogen-bond donors (Lipinski definition) is 1. The van der Waals surface area contributed by atoms with Gasteiger partial charge in [0, 0.05) is 18.7 Å². The summed E-state index contributed by atoms with van der Waals surface area (Å²) >= 11 is 0. The first-order valence-corrected chi connectivity index (χ1v) is 8.23. The van der Waals surface area contributed by atoms with E-state index in [9.17, 15) is 8.78 Å². The van der Waals surface area contributed by atoms with Gasteiger partial charge in [0.15, 0.2) is 0 Å². The SMILES string of the molecule is CC(=NNc1ccc(F)cc1)c1cc(F)c(N2CCOCC2)cc1C. The molecule has 1 aliphatic heterocycles. The normalized spacial score (nSPS) is 15.4. The summed E-state index contributed by atoms with van der Waals surface area (Å²) in [6.07, 6.45) is 0. The third-order valence-corrected chi connectivity index (χ3v) is 4.23. The highest BCUT2D eigenvalue weighted by atomic mass is 19.1. The molecule has 1 fully saturated rings. The number of hydrazone groups is 1. The number of nitrogens with one attached hydrogen (secondary N) is 1. The summed E-state index contributed by atoms with van der Waals surface area (Å²) < 4.78 is 32.8. The molecule has 6 heteroatoms. The fourth-order valence-corrected chi connectivity index (χ4v) is 2.84. The van der Waals surface area contributed by atoms with Crippen molar-refractivity contribution in [3.63, 3.8) is 0 Å². The van der Waals surface area contributed by atoms with E-state index in [1.165, 1.54) is 18.2 Å². The molecule has 0 aromatic heterocycles. The lowest BCUT2D eigenvalue weighted by Gasteiger charge is -2.29. The quantitative estimate of drug-likeness (QED) is 0.673. The number of hydrogen-bond acceptors (Lipinski definition) is 4. The summed E-state index contributed by atoms with van der Waals surface area (Å²) in [5.74, 6) is -0.568. The van der Waals surface area contributed by atoms with Gasteiger partial charge in [0.25, 0.3) is 0 Å². The molecule has 132 valence electrons. The Kier molecular flexibility index (Phi) is 5.28. The van der Waals surface area contributed by atoms with Gasteiger partial charge in [-0.15, -0.1) is 0 Å². The molecule has 0 aliphatic carbocycles. The van der Waals surface area contributed by atoms with E-state index in [1.807, 2.05) is 24.8 Å². The second-order valence-corrected chi connectivity index (χ2v) is 6.03. The van der Waals surface area contributed by atoms with Crippen molar-refractivity contribution in [3.8, 4) is 0 Å². The van der Waals surface area contributed by atoms with Crippen LogP contribution in [-0.2, 0) is 4.74 Å². The van der Waals surface area contributed by atoms with Crippen LogP contribution in [0.5, 0.6) is 0 Å². The fraction of sp³-hybridized carbons (Fsp3) is 0.316. The molecule has 3 rings (SSSR count). The first-order chi connectivity index (χ1) is 12.0. The van der Waals surface area contributed by atoms with E-state index in [0.29, 0.717) is 43.4 Å². The van der Waals surface area contributed by atoms with Gasteiger partial charge in [-0.3, -0.25) is 5.43 Å². The number of morpholine rings is 1. The Bertz CT molecular complexity index is 769. The summed E-state index contributed by atoms with van der Waals surface area (Å²) in [5, 5.41) is 4.28. The molecule has 2 aromatic rings. The second-order valence-electron chi connectivity index (χ2n) is 6.03. The first kappa shape index (κ1) is 17.4. The maximum absolute atomic E-state index is 14.6. The molecule has 2 aromatic carbocycles. The van der Waals surface area contributed by atoms with Crippen molar-refractivity contribution in [1.82, 2.24) is 0 Å². The van der Waals surface area contributed by atoms with E-state index in [0.717, 1.165) is 11.1 Å². The zero-order chi connectivity index (χ0) is 17.8. The Labute approximate surface area is 146 Å². The Morgan fingerprint density at radius 3 is 2.48 bits per heavy atom. The van der Waals surface area contributed by atoms with Crippen LogP contribution in [0.3, 0.4) is 0 Å². The number of rotatable bonds is 4. The molecule has 1 heterocycles. The van der Waals surface area contributed by atoms with Crippen molar-refractivity contribution in [2.45, 2.75) is 13.8 Å². The second kappa shape index (κ2) is 7.61. The average Bonchev–Trinajstić information content (AvgIpc) is 2.63. The third-order valence-electron chi connectivity index (χ3n) is 4.23. The fourth-order valence-electron chi connectivity index (χ4n) is 2.84. The molecule has 0 spiro atoms. The molecule has 1 aliphatic rings. The van der Waals surface area contributed by atoms with E-state index >= 15 is 0 Å². The van der Waals surface area contributed by atoms with E-state index in [2.05, 4.69) is 10.5 Å². The van der Waals surface area contributed by atoms with Crippen LogP contribution < -0.4 is 10.3 Å². The zero-order valence-corrected chi connectivity index (χ0v) is 14.4. The highest BCUT2D eigenvalue weighted by molar-refractivity contribution is 6.00. The van der Waals surface area contributed by atoms with Crippen molar-refractivity contribution < 1.29 is 13.5 Å². The predicted octanol–water partition coefficient (Wildman–Crippen LogP) is 3.95. The van der Waals surface area contributed by atoms with Crippen molar-refractivity contribution in [2.24, 2.45) is 5.10 Å². The number of benzene rings is 2. The third kappa shape index (κ3) is 4.14. The molecular formula is C19H21F2N3O. The summed E-state index contributed by atoms with van der Waals surface area (Å²) in [6, 6.07) is 9.28. The van der Waals surface area contributed by atoms with Crippen molar-refractivity contribution >= 4 is 17.1 Å². The van der Waals surface area contributed by atoms with Gasteiger partial charge >= 0.3 is 0 Å². The van der Waals surface area contributed by atoms with E-state index in [-0.39, 0.29) is 11.6 Å². The van der Waals surface area contributed by atoms with Crippen molar-refractivity contribution in [2.75, 3.05) is 36.6 Å². The van der Waals surface area contributed by atoms with Crippen molar-refractivity contribution in [3.05, 3.63) is 59.2 Å². The zero-order valence-electron chi connectivity index (χ0n) is 14.4. The van der Waals surface area contributed by atoms with Gasteiger partial charge in [0.05, 0.1) is 30.3 Å². The Morgan fingerprint density at radius 2 is 1.80 bits per heavy atom. The largest absolute Gasteiger partial charge is 0.378 e. The van der Waals surface area contributed by atoms with Crippen LogP contribution in [0.1, 0.15) is 18.1 Å². The average molecular weight is 345 g/mol. The standard InChI is InChI=1S/C19H21F2N3O/c1-13-11-19(24-7-9-25-10-8-24)18(21)12-17(13)14(2)22-23-16-5-3-15(20)4-6-16/h3-6,11-12,23H,7-10H2,1-2H3. The molecule has 0 radical (unpaired) electrons. The lowest BCUT2D eigenvalue weighted by molar-refractivity contribution is 0.122. The Hall–Kier alpha value is -2.47. The first-order valence-electron chi connectivity index (χ1n) is 8.23. The van der Waals surface area contributed by atoms with Crippen LogP contribution in [0.4, 0.5) is 20.2 Å². The van der Waals surface area contributed by atoms with Crippen LogP contribution in [0.25, 0.3) is 0 Å². The number of halogens is 2. The lowest BCUT2D eigenvalue weighted by Crippen LogP contribution is -2.36. The number of nitrogens with zero attached hydrogens (tertiary/aromatic N) is 2. The monoisotopic (exact) mass is 345 g/mol. The molecule has 1 saturated heterocycles. The van der Waals surface area contributed by atoms with Gasteiger partial charge in [-0.1, -0.05) is 0 Å². The number of anilines is 2. The number of aryl methyl sites for hydroxylation is 1. The lowest BCUT2D eigenvalue weighted by atomic mass is 10.0. The number of ether oxygens (including phenoxy) is 1. The summed E-state index contributed by atoms with van der Waals surface area (Å²) in [7, 11) is 0. The van der Waals surface area contributed by atoms with Crippen LogP contribution in [0, 0.1) is 18.6 Å². The van der Waals surface area contributed by atoms with Crippen LogP contribution in [0.2, 0.25) is 0 Å². The summed E-state index contributed by atoms with van der Waals surface area (Å²) in [6.45, 7) is 6.36. The molecule has 0 amide bonds. The minimum atomic E-state index is -0.303. The molecular weight excluding hydrogens is 324 g/mol. The van der Waals surface area contributed by atoms with Gasteiger partial charge in [-0.2, -0.15) is 5.10 Å². The molecule has 0 atom stereocenters. The molecule has 0 bridgehead atoms. The maximum atomic E-state index is 14.6. The minimum absolute atomic E-state index is 0.265. The predicted molar refractivity (Wildman–Crippen MR) is 96.4 cm³/mol. The molecule has 1 N–H and O–H groups in total. The van der Waals surface area contributed by atoms with E-state index in [4.69, 9.17) is 4.74 Å². The molecule has 25 heavy (non-hydrogen) atoms. The van der Waals surface area contributed by atoms with Gasteiger partial charge in [0.1, 0.15) is 11.6 Å². The van der Waals surface area contributed by atoms with E-state index in [1.54, 1.807) is 12.1 Å². The van der Waals surface area contributed by atoms with Gasteiger partial charge in [0.2, 0.25) is 0 Å². The minimum Gasteiger partial charge on any atom is -0.378 e. The topological polar surface area (TPSA) is 36.9 Å². The van der Waals surface area contributed by atoms with Gasteiger partial charge < -0.3 is 9.64 Å². The van der Waals surface area contributed by atoms with E-state index < -0.39 is 0 Å². The van der Waals surface area contributed by atoms with Gasteiger partial charge in [-0.25, -0.2) is 8.78 Å². The Morgan fingerprint density at radius 1 is 1.12 bits per heavy atom. The van der Waals surface area contributed by atoms with Gasteiger partial charge in [-0.05, 0) is 55.8 Å². The Balaban J connectivity index is 1.80. The summed E-state index contributed by atoms with van der Waals surface area (Å²) in [5.41, 5.74) is 6.49. The highest BCUT2D eigenvalue weighted by Crippen LogP contribution is 2.25. The summed E-state index contributed by atoms with van der Waals surface area (Å²) in [4.78, 5) is 2.00. The maximum Gasteiger partial charge on any atom is 0.147 e. The smallest absolute Gasteiger partial charge is 0.147 e. The van der Waals surface area contributed by atoms with Crippen LogP contribution >= 0.6 is 0 Å². The highest BCUT2D eigenvalue weighted by Gasteiger charge is 2.17. The molecule has 0 saturated carbocycles. The molecule has 0 unspecified atom stereocenters. The van der Waals surface area contributed by atoms with Crippen molar-refractivity contribution in [1.29, 1.82) is 0 Å².